The third-order valence-corrected chi connectivity index (χ3v) is 6.30. The quantitative estimate of drug-likeness (QED) is 0.432. The molecule has 0 radical (unpaired) electrons. The number of aryl methyl sites for hydroxylation is 3. The lowest BCUT2D eigenvalue weighted by molar-refractivity contribution is -0.0356. The molecule has 0 bridgehead atoms. The van der Waals surface area contributed by atoms with E-state index in [0.717, 1.165) is 54.5 Å². The van der Waals surface area contributed by atoms with Gasteiger partial charge in [0.1, 0.15) is 17.5 Å². The molecule has 0 amide bonds. The molecule has 1 atom stereocenters. The van der Waals surface area contributed by atoms with Gasteiger partial charge in [-0.2, -0.15) is 5.10 Å². The summed E-state index contributed by atoms with van der Waals surface area (Å²) in [6.07, 6.45) is 2.89. The second kappa shape index (κ2) is 9.37. The summed E-state index contributed by atoms with van der Waals surface area (Å²) in [5.41, 5.74) is 6.70. The van der Waals surface area contributed by atoms with E-state index in [0.29, 0.717) is 13.2 Å². The van der Waals surface area contributed by atoms with Crippen molar-refractivity contribution in [1.29, 1.82) is 0 Å². The van der Waals surface area contributed by atoms with Crippen LogP contribution < -0.4 is 4.74 Å². The van der Waals surface area contributed by atoms with E-state index in [1.165, 1.54) is 11.3 Å². The van der Waals surface area contributed by atoms with Crippen LogP contribution in [-0.4, -0.2) is 50.4 Å². The van der Waals surface area contributed by atoms with Crippen LogP contribution in [0.2, 0.25) is 0 Å². The summed E-state index contributed by atoms with van der Waals surface area (Å²) in [7, 11) is 1.99. The van der Waals surface area contributed by atoms with Gasteiger partial charge in [-0.05, 0) is 49.7 Å². The van der Waals surface area contributed by atoms with E-state index in [4.69, 9.17) is 19.6 Å². The normalized spacial score (nSPS) is 17.0. The van der Waals surface area contributed by atoms with Crippen molar-refractivity contribution in [2.24, 2.45) is 7.05 Å². The van der Waals surface area contributed by atoms with Gasteiger partial charge in [0.15, 0.2) is 0 Å². The second-order valence-electron chi connectivity index (χ2n) is 8.77. The van der Waals surface area contributed by atoms with Crippen molar-refractivity contribution >= 4 is 5.65 Å². The van der Waals surface area contributed by atoms with Gasteiger partial charge in [-0.15, -0.1) is 0 Å². The molecule has 0 saturated carbocycles. The first kappa shape index (κ1) is 21.7. The van der Waals surface area contributed by atoms with Crippen LogP contribution >= 0.6 is 0 Å². The van der Waals surface area contributed by atoms with Crippen molar-refractivity contribution in [3.8, 4) is 5.75 Å². The lowest BCUT2D eigenvalue weighted by atomic mass is 10.1. The lowest BCUT2D eigenvalue weighted by Gasteiger charge is -2.32. The molecule has 4 aromatic rings. The van der Waals surface area contributed by atoms with E-state index in [-0.39, 0.29) is 6.10 Å². The minimum atomic E-state index is -0.0320. The van der Waals surface area contributed by atoms with Crippen molar-refractivity contribution < 1.29 is 9.47 Å². The molecule has 1 aromatic carbocycles. The van der Waals surface area contributed by atoms with Gasteiger partial charge in [-0.1, -0.05) is 18.2 Å². The molecule has 33 heavy (non-hydrogen) atoms. The van der Waals surface area contributed by atoms with E-state index in [2.05, 4.69) is 47.5 Å². The highest BCUT2D eigenvalue weighted by Gasteiger charge is 2.26. The van der Waals surface area contributed by atoms with Gasteiger partial charge in [-0.25, -0.2) is 4.98 Å². The SMILES string of the molecule is Cc1ccn2c(CN3CCOC(c4cc(CCOc5ccccc5)n(C)n4)C3)c(C)nc2c1. The van der Waals surface area contributed by atoms with Crippen LogP contribution in [0.25, 0.3) is 5.65 Å². The predicted molar refractivity (Wildman–Crippen MR) is 127 cm³/mol. The number of aromatic nitrogens is 4. The molecule has 4 heterocycles. The summed E-state index contributed by atoms with van der Waals surface area (Å²) in [4.78, 5) is 7.20. The Morgan fingerprint density at radius 3 is 2.82 bits per heavy atom. The van der Waals surface area contributed by atoms with Crippen LogP contribution in [0.1, 0.15) is 34.4 Å². The number of hydrogen-bond donors (Lipinski definition) is 0. The third kappa shape index (κ3) is 4.79. The van der Waals surface area contributed by atoms with Crippen molar-refractivity contribution in [3.63, 3.8) is 0 Å². The number of ether oxygens (including phenoxy) is 2. The van der Waals surface area contributed by atoms with Crippen LogP contribution in [0.4, 0.5) is 0 Å². The Bertz CT molecular complexity index is 1230. The molecular weight excluding hydrogens is 414 g/mol. The maximum Gasteiger partial charge on any atom is 0.137 e. The van der Waals surface area contributed by atoms with E-state index in [1.807, 2.05) is 42.1 Å². The first-order chi connectivity index (χ1) is 16.1. The fourth-order valence-corrected chi connectivity index (χ4v) is 4.45. The Morgan fingerprint density at radius 2 is 1.97 bits per heavy atom. The predicted octanol–water partition coefficient (Wildman–Crippen LogP) is 3.88. The summed E-state index contributed by atoms with van der Waals surface area (Å²) < 4.78 is 16.1. The zero-order valence-corrected chi connectivity index (χ0v) is 19.6. The third-order valence-electron chi connectivity index (χ3n) is 6.30. The van der Waals surface area contributed by atoms with Crippen LogP contribution in [0, 0.1) is 13.8 Å². The maximum absolute atomic E-state index is 6.12. The summed E-state index contributed by atoms with van der Waals surface area (Å²) >= 11 is 0. The minimum absolute atomic E-state index is 0.0320. The number of benzene rings is 1. The zero-order valence-electron chi connectivity index (χ0n) is 19.6. The highest BCUT2D eigenvalue weighted by Crippen LogP contribution is 2.24. The van der Waals surface area contributed by atoms with Crippen LogP contribution in [-0.2, 0) is 24.8 Å². The molecule has 1 aliphatic rings. The van der Waals surface area contributed by atoms with E-state index in [9.17, 15) is 0 Å². The van der Waals surface area contributed by atoms with Crippen LogP contribution in [0.5, 0.6) is 5.75 Å². The number of morpholine rings is 1. The summed E-state index contributed by atoms with van der Waals surface area (Å²) in [6, 6.07) is 16.3. The Kier molecular flexibility index (Phi) is 6.15. The highest BCUT2D eigenvalue weighted by atomic mass is 16.5. The summed E-state index contributed by atoms with van der Waals surface area (Å²) in [5.74, 6) is 0.893. The first-order valence-corrected chi connectivity index (χ1v) is 11.6. The van der Waals surface area contributed by atoms with E-state index < -0.39 is 0 Å². The molecule has 1 unspecified atom stereocenters. The van der Waals surface area contributed by atoms with Gasteiger partial charge < -0.3 is 13.9 Å². The number of para-hydroxylation sites is 1. The van der Waals surface area contributed by atoms with Gasteiger partial charge in [-0.3, -0.25) is 9.58 Å². The number of rotatable bonds is 7. The molecule has 0 N–H and O–H groups in total. The molecule has 1 aliphatic heterocycles. The van der Waals surface area contributed by atoms with Crippen molar-refractivity contribution in [1.82, 2.24) is 24.1 Å². The lowest BCUT2D eigenvalue weighted by Crippen LogP contribution is -2.38. The topological polar surface area (TPSA) is 56.8 Å². The fraction of sp³-hybridized carbons (Fsp3) is 0.385. The van der Waals surface area contributed by atoms with Gasteiger partial charge >= 0.3 is 0 Å². The van der Waals surface area contributed by atoms with Crippen LogP contribution in [0.15, 0.2) is 54.7 Å². The van der Waals surface area contributed by atoms with E-state index >= 15 is 0 Å². The molecular formula is C26H31N5O2. The Labute approximate surface area is 194 Å². The molecule has 7 nitrogen and oxygen atoms in total. The number of imidazole rings is 1. The van der Waals surface area contributed by atoms with Gasteiger partial charge in [0.05, 0.1) is 30.3 Å². The summed E-state index contributed by atoms with van der Waals surface area (Å²) in [5, 5.41) is 4.76. The van der Waals surface area contributed by atoms with Gasteiger partial charge in [0.2, 0.25) is 0 Å². The van der Waals surface area contributed by atoms with Crippen molar-refractivity contribution in [2.75, 3.05) is 26.3 Å². The minimum Gasteiger partial charge on any atom is -0.493 e. The largest absolute Gasteiger partial charge is 0.493 e. The fourth-order valence-electron chi connectivity index (χ4n) is 4.45. The Balaban J connectivity index is 1.24. The standard InChI is InChI=1S/C26H31N5O2/c1-19-9-11-31-24(20(2)27-26(31)15-19)17-30-12-14-33-25(18-30)23-16-21(29(3)28-23)10-13-32-22-7-5-4-6-8-22/h4-9,11,15-16,25H,10,12-14,17-18H2,1-3H3. The van der Waals surface area contributed by atoms with E-state index in [1.54, 1.807) is 0 Å². The molecule has 0 spiro atoms. The Hall–Kier alpha value is -3.16. The molecule has 172 valence electrons. The monoisotopic (exact) mass is 445 g/mol. The van der Waals surface area contributed by atoms with Gasteiger partial charge in [0.25, 0.3) is 0 Å². The molecule has 7 heteroatoms. The number of nitrogens with zero attached hydrogens (tertiary/aromatic N) is 5. The Morgan fingerprint density at radius 1 is 1.12 bits per heavy atom. The molecule has 3 aromatic heterocycles. The summed E-state index contributed by atoms with van der Waals surface area (Å²) in [6.45, 7) is 8.08. The highest BCUT2D eigenvalue weighted by molar-refractivity contribution is 5.45. The number of pyridine rings is 1. The van der Waals surface area contributed by atoms with Gasteiger partial charge in [0, 0.05) is 45.0 Å². The second-order valence-corrected chi connectivity index (χ2v) is 8.77. The van der Waals surface area contributed by atoms with Crippen molar-refractivity contribution in [3.05, 3.63) is 83.1 Å². The van der Waals surface area contributed by atoms with Crippen LogP contribution in [0.3, 0.4) is 0 Å². The molecule has 1 saturated heterocycles. The number of hydrogen-bond acceptors (Lipinski definition) is 5. The maximum atomic E-state index is 6.12. The molecule has 1 fully saturated rings. The average molecular weight is 446 g/mol. The average Bonchev–Trinajstić information content (AvgIpc) is 3.33. The van der Waals surface area contributed by atoms with Crippen molar-refractivity contribution in [2.45, 2.75) is 32.9 Å². The first-order valence-electron chi connectivity index (χ1n) is 11.6. The molecule has 0 aliphatic carbocycles. The molecule has 5 rings (SSSR count). The zero-order chi connectivity index (χ0) is 22.8. The number of fused-ring (bicyclic) bond motifs is 1. The smallest absolute Gasteiger partial charge is 0.137 e.